The molecule has 0 unspecified atom stereocenters. The number of methoxy groups -OCH3 is 1. The first-order valence-electron chi connectivity index (χ1n) is 9.63. The van der Waals surface area contributed by atoms with Crippen LogP contribution in [0.15, 0.2) is 35.7 Å². The molecule has 3 heterocycles. The fourth-order valence-electron chi connectivity index (χ4n) is 4.06. The molecule has 0 spiro atoms. The number of amides is 1. The molecule has 2 aromatic rings. The summed E-state index contributed by atoms with van der Waals surface area (Å²) in [5.74, 6) is 1.13. The zero-order valence-electron chi connectivity index (χ0n) is 16.1. The highest BCUT2D eigenvalue weighted by Gasteiger charge is 2.29. The quantitative estimate of drug-likeness (QED) is 0.811. The first-order valence-corrected chi connectivity index (χ1v) is 10.5. The number of ether oxygens (including phenoxy) is 1. The van der Waals surface area contributed by atoms with Gasteiger partial charge < -0.3 is 14.5 Å². The van der Waals surface area contributed by atoms with Gasteiger partial charge in [0.1, 0.15) is 5.75 Å². The van der Waals surface area contributed by atoms with Crippen LogP contribution in [-0.2, 0) is 11.2 Å². The molecular weight excluding hydrogens is 358 g/mol. The van der Waals surface area contributed by atoms with E-state index in [4.69, 9.17) is 4.74 Å². The maximum atomic E-state index is 12.8. The van der Waals surface area contributed by atoms with E-state index in [1.54, 1.807) is 7.11 Å². The number of piperazine rings is 1. The lowest BCUT2D eigenvalue weighted by Gasteiger charge is -2.38. The highest BCUT2D eigenvalue weighted by Crippen LogP contribution is 2.32. The normalized spacial score (nSPS) is 20.4. The Balaban J connectivity index is 1.31. The molecule has 5 nitrogen and oxygen atoms in total. The van der Waals surface area contributed by atoms with Crippen molar-refractivity contribution in [2.24, 2.45) is 0 Å². The fourth-order valence-corrected chi connectivity index (χ4v) is 5.02. The zero-order chi connectivity index (χ0) is 18.8. The minimum absolute atomic E-state index is 0.259. The van der Waals surface area contributed by atoms with Crippen molar-refractivity contribution in [3.63, 3.8) is 0 Å². The standard InChI is InChI=1S/C21H27N3O2S/c1-16-19-8-14-27-20(19)7-9-24(16)15-21(25)23-12-10-22(11-13-23)17-3-5-18(26-2)6-4-17/h3-6,8,14,16H,7,9-13,15H2,1-2H3/t16-/m0/s1. The Kier molecular flexibility index (Phi) is 5.36. The number of nitrogens with zero attached hydrogens (tertiary/aromatic N) is 3. The van der Waals surface area contributed by atoms with Crippen LogP contribution in [0.2, 0.25) is 0 Å². The van der Waals surface area contributed by atoms with E-state index in [0.29, 0.717) is 12.6 Å². The highest BCUT2D eigenvalue weighted by molar-refractivity contribution is 7.10. The molecule has 0 N–H and O–H groups in total. The van der Waals surface area contributed by atoms with Gasteiger partial charge in [0.2, 0.25) is 5.91 Å². The second-order valence-electron chi connectivity index (χ2n) is 7.26. The summed E-state index contributed by atoms with van der Waals surface area (Å²) in [7, 11) is 1.68. The average Bonchev–Trinajstić information content (AvgIpc) is 3.20. The summed E-state index contributed by atoms with van der Waals surface area (Å²) in [6.07, 6.45) is 1.07. The summed E-state index contributed by atoms with van der Waals surface area (Å²) < 4.78 is 5.23. The molecule has 0 radical (unpaired) electrons. The van der Waals surface area contributed by atoms with E-state index in [-0.39, 0.29) is 5.91 Å². The van der Waals surface area contributed by atoms with Gasteiger partial charge in [0.05, 0.1) is 13.7 Å². The Bertz CT molecular complexity index is 781. The third-order valence-corrected chi connectivity index (χ3v) is 6.81. The van der Waals surface area contributed by atoms with Crippen LogP contribution < -0.4 is 9.64 Å². The number of anilines is 1. The fraction of sp³-hybridized carbons (Fsp3) is 0.476. The van der Waals surface area contributed by atoms with Crippen molar-refractivity contribution in [3.8, 4) is 5.75 Å². The highest BCUT2D eigenvalue weighted by atomic mass is 32.1. The van der Waals surface area contributed by atoms with Crippen molar-refractivity contribution >= 4 is 22.9 Å². The lowest BCUT2D eigenvalue weighted by atomic mass is 10.0. The summed E-state index contributed by atoms with van der Waals surface area (Å²) in [5.41, 5.74) is 2.60. The minimum atomic E-state index is 0.259. The summed E-state index contributed by atoms with van der Waals surface area (Å²) in [5, 5.41) is 2.17. The van der Waals surface area contributed by atoms with Gasteiger partial charge in [0, 0.05) is 49.3 Å². The van der Waals surface area contributed by atoms with Crippen LogP contribution in [0, 0.1) is 0 Å². The second-order valence-corrected chi connectivity index (χ2v) is 8.26. The molecule has 1 saturated heterocycles. The van der Waals surface area contributed by atoms with Gasteiger partial charge in [-0.05, 0) is 54.6 Å². The number of rotatable bonds is 4. The SMILES string of the molecule is COc1ccc(N2CCN(C(=O)CN3CCc4sccc4[C@@H]3C)CC2)cc1. The predicted molar refractivity (Wildman–Crippen MR) is 110 cm³/mol. The van der Waals surface area contributed by atoms with Crippen LogP contribution >= 0.6 is 11.3 Å². The van der Waals surface area contributed by atoms with Crippen molar-refractivity contribution in [2.45, 2.75) is 19.4 Å². The van der Waals surface area contributed by atoms with Crippen molar-refractivity contribution in [2.75, 3.05) is 51.3 Å². The van der Waals surface area contributed by atoms with Crippen LogP contribution in [0.1, 0.15) is 23.4 Å². The number of hydrogen-bond donors (Lipinski definition) is 0. The molecule has 27 heavy (non-hydrogen) atoms. The molecule has 0 saturated carbocycles. The molecule has 1 aromatic heterocycles. The number of hydrogen-bond acceptors (Lipinski definition) is 5. The smallest absolute Gasteiger partial charge is 0.236 e. The number of carbonyl (C=O) groups excluding carboxylic acids is 1. The van der Waals surface area contributed by atoms with Gasteiger partial charge in [-0.2, -0.15) is 0 Å². The van der Waals surface area contributed by atoms with Gasteiger partial charge in [-0.1, -0.05) is 0 Å². The van der Waals surface area contributed by atoms with Crippen molar-refractivity contribution < 1.29 is 9.53 Å². The van der Waals surface area contributed by atoms with E-state index in [1.807, 2.05) is 28.4 Å². The van der Waals surface area contributed by atoms with Gasteiger partial charge in [0.15, 0.2) is 0 Å². The minimum Gasteiger partial charge on any atom is -0.497 e. The Morgan fingerprint density at radius 2 is 1.85 bits per heavy atom. The first kappa shape index (κ1) is 18.3. The van der Waals surface area contributed by atoms with Crippen molar-refractivity contribution in [1.29, 1.82) is 0 Å². The summed E-state index contributed by atoms with van der Waals surface area (Å²) in [6.45, 7) is 7.06. The molecule has 1 amide bonds. The monoisotopic (exact) mass is 385 g/mol. The molecule has 0 aliphatic carbocycles. The Morgan fingerprint density at radius 3 is 2.56 bits per heavy atom. The molecule has 0 bridgehead atoms. The third-order valence-electron chi connectivity index (χ3n) is 5.81. The van der Waals surface area contributed by atoms with Gasteiger partial charge >= 0.3 is 0 Å². The molecule has 2 aliphatic heterocycles. The molecule has 144 valence electrons. The van der Waals surface area contributed by atoms with Crippen LogP contribution in [0.5, 0.6) is 5.75 Å². The number of benzene rings is 1. The largest absolute Gasteiger partial charge is 0.497 e. The Hall–Kier alpha value is -2.05. The van der Waals surface area contributed by atoms with E-state index in [2.05, 4.69) is 40.3 Å². The van der Waals surface area contributed by atoms with E-state index < -0.39 is 0 Å². The van der Waals surface area contributed by atoms with E-state index in [9.17, 15) is 4.79 Å². The summed E-state index contributed by atoms with van der Waals surface area (Å²) >= 11 is 1.84. The van der Waals surface area contributed by atoms with Gasteiger partial charge in [-0.15, -0.1) is 11.3 Å². The Morgan fingerprint density at radius 1 is 1.11 bits per heavy atom. The topological polar surface area (TPSA) is 36.0 Å². The molecule has 4 rings (SSSR count). The molecular formula is C21H27N3O2S. The first-order chi connectivity index (χ1) is 13.2. The second kappa shape index (κ2) is 7.90. The Labute approximate surface area is 165 Å². The third kappa shape index (κ3) is 3.82. The van der Waals surface area contributed by atoms with Gasteiger partial charge in [-0.25, -0.2) is 0 Å². The maximum Gasteiger partial charge on any atom is 0.236 e. The van der Waals surface area contributed by atoms with Crippen molar-refractivity contribution in [3.05, 3.63) is 46.2 Å². The van der Waals surface area contributed by atoms with Gasteiger partial charge in [-0.3, -0.25) is 9.69 Å². The molecule has 1 fully saturated rings. The predicted octanol–water partition coefficient (Wildman–Crippen LogP) is 3.02. The van der Waals surface area contributed by atoms with Crippen LogP contribution in [0.3, 0.4) is 0 Å². The van der Waals surface area contributed by atoms with Crippen LogP contribution in [0.4, 0.5) is 5.69 Å². The van der Waals surface area contributed by atoms with Crippen LogP contribution in [0.25, 0.3) is 0 Å². The molecule has 1 atom stereocenters. The van der Waals surface area contributed by atoms with Gasteiger partial charge in [0.25, 0.3) is 0 Å². The number of fused-ring (bicyclic) bond motifs is 1. The molecule has 2 aliphatic rings. The molecule has 6 heteroatoms. The van der Waals surface area contributed by atoms with Crippen molar-refractivity contribution in [1.82, 2.24) is 9.80 Å². The number of thiophene rings is 1. The van der Waals surface area contributed by atoms with Crippen LogP contribution in [-0.4, -0.2) is 62.1 Å². The summed E-state index contributed by atoms with van der Waals surface area (Å²) in [6, 6.07) is 10.7. The van der Waals surface area contributed by atoms with E-state index in [0.717, 1.165) is 44.9 Å². The summed E-state index contributed by atoms with van der Waals surface area (Å²) in [4.78, 5) is 21.0. The maximum absolute atomic E-state index is 12.8. The van der Waals surface area contributed by atoms with E-state index in [1.165, 1.54) is 16.1 Å². The number of carbonyl (C=O) groups is 1. The zero-order valence-corrected chi connectivity index (χ0v) is 16.9. The average molecular weight is 386 g/mol. The lowest BCUT2D eigenvalue weighted by Crippen LogP contribution is -2.52. The van der Waals surface area contributed by atoms with E-state index >= 15 is 0 Å². The lowest BCUT2D eigenvalue weighted by molar-refractivity contribution is -0.133. The molecule has 1 aromatic carbocycles.